The summed E-state index contributed by atoms with van der Waals surface area (Å²) in [6.45, 7) is 5.17. The number of methoxy groups -OCH3 is 1. The molecular weight excluding hydrogens is 308 g/mol. The van der Waals surface area contributed by atoms with E-state index in [2.05, 4.69) is 4.98 Å². The number of nitrogens with zero attached hydrogens (tertiary/aromatic N) is 2. The minimum absolute atomic E-state index is 0.105. The molecule has 1 aromatic heterocycles. The van der Waals surface area contributed by atoms with E-state index in [1.165, 1.54) is 6.20 Å². The lowest BCUT2D eigenvalue weighted by molar-refractivity contribution is -0.143. The molecule has 0 bridgehead atoms. The van der Waals surface area contributed by atoms with Gasteiger partial charge in [-0.3, -0.25) is 9.78 Å². The number of aromatic nitrogens is 1. The van der Waals surface area contributed by atoms with Gasteiger partial charge in [-0.2, -0.15) is 0 Å². The highest BCUT2D eigenvalue weighted by atomic mass is 16.5. The first-order valence-corrected chi connectivity index (χ1v) is 7.94. The number of ether oxygens (including phenoxy) is 2. The average Bonchev–Trinajstić information content (AvgIpc) is 2.53. The van der Waals surface area contributed by atoms with Gasteiger partial charge in [0.25, 0.3) is 5.91 Å². The first-order chi connectivity index (χ1) is 11.4. The van der Waals surface area contributed by atoms with E-state index >= 15 is 0 Å². The first-order valence-electron chi connectivity index (χ1n) is 7.94. The number of rotatable bonds is 3. The number of morpholine rings is 1. The average molecular weight is 330 g/mol. The molecule has 0 spiro atoms. The summed E-state index contributed by atoms with van der Waals surface area (Å²) in [5.74, 6) is -0.324. The highest BCUT2D eigenvalue weighted by molar-refractivity contribution is 6.08. The molecule has 1 amide bonds. The largest absolute Gasteiger partial charge is 0.505 e. The normalized spacial score (nSPS) is 20.3. The van der Waals surface area contributed by atoms with E-state index < -0.39 is 5.60 Å². The molecule has 0 saturated carbocycles. The van der Waals surface area contributed by atoms with Crippen molar-refractivity contribution in [2.45, 2.75) is 25.6 Å². The van der Waals surface area contributed by atoms with Gasteiger partial charge in [-0.25, -0.2) is 0 Å². The van der Waals surface area contributed by atoms with Crippen molar-refractivity contribution in [3.63, 3.8) is 0 Å². The van der Waals surface area contributed by atoms with Crippen molar-refractivity contribution >= 4 is 16.8 Å². The Kier molecular flexibility index (Phi) is 4.43. The number of carbonyl (C=O) groups excluding carboxylic acids is 1. The number of amides is 1. The third-order valence-corrected chi connectivity index (χ3v) is 4.09. The summed E-state index contributed by atoms with van der Waals surface area (Å²) in [7, 11) is 1.61. The second kappa shape index (κ2) is 6.37. The third kappa shape index (κ3) is 3.20. The Morgan fingerprint density at radius 3 is 2.96 bits per heavy atom. The van der Waals surface area contributed by atoms with Crippen LogP contribution < -0.4 is 0 Å². The van der Waals surface area contributed by atoms with Gasteiger partial charge in [-0.05, 0) is 19.9 Å². The van der Waals surface area contributed by atoms with E-state index in [0.717, 1.165) is 0 Å². The van der Waals surface area contributed by atoms with E-state index in [4.69, 9.17) is 9.47 Å². The van der Waals surface area contributed by atoms with Crippen LogP contribution in [-0.2, 0) is 9.47 Å². The molecule has 0 unspecified atom stereocenters. The van der Waals surface area contributed by atoms with Gasteiger partial charge in [0.15, 0.2) is 0 Å². The smallest absolute Gasteiger partial charge is 0.258 e. The van der Waals surface area contributed by atoms with Crippen molar-refractivity contribution in [2.75, 3.05) is 26.8 Å². The standard InChI is InChI=1S/C18H22N2O4/c1-18(2)11-20(9-12(24-18)10-23-3)17(22)16-13-6-4-5-7-14(13)19-8-15(16)21/h4-8,12,21H,9-11H2,1-3H3/t12-/m1/s1. The van der Waals surface area contributed by atoms with Gasteiger partial charge in [0.1, 0.15) is 5.75 Å². The molecule has 2 heterocycles. The van der Waals surface area contributed by atoms with E-state index in [0.29, 0.717) is 30.6 Å². The molecule has 1 saturated heterocycles. The number of fused-ring (bicyclic) bond motifs is 1. The van der Waals surface area contributed by atoms with E-state index in [9.17, 15) is 9.90 Å². The number of pyridine rings is 1. The van der Waals surface area contributed by atoms with Crippen LogP contribution in [0.3, 0.4) is 0 Å². The molecule has 1 aliphatic heterocycles. The number of para-hydroxylation sites is 1. The van der Waals surface area contributed by atoms with E-state index in [1.54, 1.807) is 18.1 Å². The lowest BCUT2D eigenvalue weighted by Crippen LogP contribution is -2.55. The number of hydrogen-bond donors (Lipinski definition) is 1. The predicted molar refractivity (Wildman–Crippen MR) is 90.1 cm³/mol. The van der Waals surface area contributed by atoms with Crippen LogP contribution in [0.4, 0.5) is 0 Å². The van der Waals surface area contributed by atoms with Gasteiger partial charge in [0.05, 0.1) is 35.6 Å². The maximum atomic E-state index is 13.1. The maximum Gasteiger partial charge on any atom is 0.258 e. The van der Waals surface area contributed by atoms with Gasteiger partial charge in [-0.15, -0.1) is 0 Å². The molecule has 24 heavy (non-hydrogen) atoms. The highest BCUT2D eigenvalue weighted by Crippen LogP contribution is 2.29. The summed E-state index contributed by atoms with van der Waals surface area (Å²) >= 11 is 0. The molecule has 6 nitrogen and oxygen atoms in total. The first kappa shape index (κ1) is 16.7. The van der Waals surface area contributed by atoms with Crippen molar-refractivity contribution in [2.24, 2.45) is 0 Å². The maximum absolute atomic E-state index is 13.1. The van der Waals surface area contributed by atoms with Crippen molar-refractivity contribution in [3.05, 3.63) is 36.0 Å². The second-order valence-corrected chi connectivity index (χ2v) is 6.68. The molecule has 1 N–H and O–H groups in total. The van der Waals surface area contributed by atoms with Gasteiger partial charge in [0, 0.05) is 25.6 Å². The van der Waals surface area contributed by atoms with E-state index in [-0.39, 0.29) is 23.3 Å². The fraction of sp³-hybridized carbons (Fsp3) is 0.444. The van der Waals surface area contributed by atoms with Crippen molar-refractivity contribution in [1.29, 1.82) is 0 Å². The van der Waals surface area contributed by atoms with Crippen LogP contribution in [0.2, 0.25) is 0 Å². The third-order valence-electron chi connectivity index (χ3n) is 4.09. The molecule has 0 radical (unpaired) electrons. The minimum atomic E-state index is -0.477. The summed E-state index contributed by atoms with van der Waals surface area (Å²) in [5.41, 5.74) is 0.490. The fourth-order valence-electron chi connectivity index (χ4n) is 3.24. The Hall–Kier alpha value is -2.18. The minimum Gasteiger partial charge on any atom is -0.505 e. The molecule has 0 aliphatic carbocycles. The second-order valence-electron chi connectivity index (χ2n) is 6.68. The van der Waals surface area contributed by atoms with Crippen LogP contribution in [-0.4, -0.2) is 59.4 Å². The summed E-state index contributed by atoms with van der Waals surface area (Å²) < 4.78 is 11.1. The van der Waals surface area contributed by atoms with Gasteiger partial charge in [0.2, 0.25) is 0 Å². The molecule has 1 aliphatic rings. The van der Waals surface area contributed by atoms with Crippen molar-refractivity contribution in [1.82, 2.24) is 9.88 Å². The summed E-state index contributed by atoms with van der Waals surface area (Å²) in [5, 5.41) is 10.9. The zero-order valence-corrected chi connectivity index (χ0v) is 14.2. The topological polar surface area (TPSA) is 71.9 Å². The van der Waals surface area contributed by atoms with Crippen LogP contribution >= 0.6 is 0 Å². The zero-order chi connectivity index (χ0) is 17.3. The quantitative estimate of drug-likeness (QED) is 0.934. The van der Waals surface area contributed by atoms with Gasteiger partial charge in [-0.1, -0.05) is 18.2 Å². The lowest BCUT2D eigenvalue weighted by atomic mass is 10.0. The number of hydrogen-bond acceptors (Lipinski definition) is 5. The lowest BCUT2D eigenvalue weighted by Gasteiger charge is -2.42. The zero-order valence-electron chi connectivity index (χ0n) is 14.2. The van der Waals surface area contributed by atoms with Crippen molar-refractivity contribution in [3.8, 4) is 5.75 Å². The summed E-state index contributed by atoms with van der Waals surface area (Å²) in [6.07, 6.45) is 1.13. The molecular formula is C18H22N2O4. The van der Waals surface area contributed by atoms with Gasteiger partial charge >= 0.3 is 0 Å². The van der Waals surface area contributed by atoms with Gasteiger partial charge < -0.3 is 19.5 Å². The van der Waals surface area contributed by atoms with E-state index in [1.807, 2.05) is 32.0 Å². The Bertz CT molecular complexity index is 760. The molecule has 1 aromatic carbocycles. The number of carbonyl (C=O) groups is 1. The predicted octanol–water partition coefficient (Wildman–Crippen LogP) is 2.21. The van der Waals surface area contributed by atoms with Crippen LogP contribution in [0.1, 0.15) is 24.2 Å². The monoisotopic (exact) mass is 330 g/mol. The summed E-state index contributed by atoms with van der Waals surface area (Å²) in [6, 6.07) is 7.31. The number of aromatic hydroxyl groups is 1. The molecule has 6 heteroatoms. The SMILES string of the molecule is COC[C@H]1CN(C(=O)c2c(O)cnc3ccccc23)CC(C)(C)O1. The molecule has 128 valence electrons. The molecule has 1 atom stereocenters. The van der Waals surface area contributed by atoms with Crippen LogP contribution in [0.5, 0.6) is 5.75 Å². The molecule has 1 fully saturated rings. The Morgan fingerprint density at radius 2 is 2.21 bits per heavy atom. The Labute approximate surface area is 141 Å². The van der Waals surface area contributed by atoms with Crippen molar-refractivity contribution < 1.29 is 19.4 Å². The van der Waals surface area contributed by atoms with Crippen LogP contribution in [0.15, 0.2) is 30.5 Å². The highest BCUT2D eigenvalue weighted by Gasteiger charge is 2.37. The Morgan fingerprint density at radius 1 is 1.46 bits per heavy atom. The molecule has 3 rings (SSSR count). The van der Waals surface area contributed by atoms with Crippen LogP contribution in [0.25, 0.3) is 10.9 Å². The molecule has 2 aromatic rings. The Balaban J connectivity index is 1.98. The number of benzene rings is 1. The summed E-state index contributed by atoms with van der Waals surface area (Å²) in [4.78, 5) is 19.0. The van der Waals surface area contributed by atoms with Crippen LogP contribution in [0, 0.1) is 0 Å². The fourth-order valence-corrected chi connectivity index (χ4v) is 3.24.